The van der Waals surface area contributed by atoms with E-state index in [1.165, 1.54) is 0 Å². The first-order chi connectivity index (χ1) is 15.7. The predicted octanol–water partition coefficient (Wildman–Crippen LogP) is 5.12. The summed E-state index contributed by atoms with van der Waals surface area (Å²) in [6.45, 7) is 3.31. The minimum Gasteiger partial charge on any atom is -0.457 e. The van der Waals surface area contributed by atoms with E-state index in [0.29, 0.717) is 34.1 Å². The fraction of sp³-hybridized carbons (Fsp3) is 0.217. The first-order valence-corrected chi connectivity index (χ1v) is 10.1. The lowest BCUT2D eigenvalue weighted by atomic mass is 10.1. The number of aryl methyl sites for hydroxylation is 2. The van der Waals surface area contributed by atoms with Gasteiger partial charge in [0.15, 0.2) is 0 Å². The van der Waals surface area contributed by atoms with Crippen molar-refractivity contribution in [3.05, 3.63) is 77.4 Å². The van der Waals surface area contributed by atoms with Crippen LogP contribution in [0.1, 0.15) is 29.2 Å². The molecular weight excluding hydrogens is 435 g/mol. The molecule has 0 bridgehead atoms. The third kappa shape index (κ3) is 5.11. The lowest BCUT2D eigenvalue weighted by molar-refractivity contribution is -0.144. The molecule has 0 unspecified atom stereocenters. The van der Waals surface area contributed by atoms with Crippen LogP contribution in [0.3, 0.4) is 0 Å². The number of hydrogen-bond acceptors (Lipinski definition) is 5. The molecule has 7 nitrogen and oxygen atoms in total. The van der Waals surface area contributed by atoms with Gasteiger partial charge in [-0.3, -0.25) is 4.79 Å². The van der Waals surface area contributed by atoms with Gasteiger partial charge in [0, 0.05) is 29.6 Å². The summed E-state index contributed by atoms with van der Waals surface area (Å²) < 4.78 is 45.7. The summed E-state index contributed by atoms with van der Waals surface area (Å²) >= 11 is 0. The second-order valence-electron chi connectivity index (χ2n) is 7.40. The third-order valence-electron chi connectivity index (χ3n) is 5.00. The number of carbonyl (C=O) groups is 1. The molecule has 4 rings (SSSR count). The maximum atomic E-state index is 12.9. The maximum Gasteiger partial charge on any atom is 0.453 e. The number of alkyl halides is 3. The van der Waals surface area contributed by atoms with E-state index in [0.717, 1.165) is 4.52 Å². The number of fused-ring (bicyclic) bond motifs is 1. The topological polar surface area (TPSA) is 81.4 Å². The number of nitrogens with zero attached hydrogens (tertiary/aromatic N) is 4. The fourth-order valence-electron chi connectivity index (χ4n) is 3.41. The van der Waals surface area contributed by atoms with Gasteiger partial charge in [0.1, 0.15) is 11.5 Å². The Labute approximate surface area is 187 Å². The van der Waals surface area contributed by atoms with Crippen LogP contribution in [0.2, 0.25) is 0 Å². The number of ether oxygens (including phenoxy) is 1. The van der Waals surface area contributed by atoms with Crippen LogP contribution >= 0.6 is 0 Å². The lowest BCUT2D eigenvalue weighted by Crippen LogP contribution is -2.14. The van der Waals surface area contributed by atoms with Crippen LogP contribution in [-0.2, 0) is 17.4 Å². The summed E-state index contributed by atoms with van der Waals surface area (Å²) in [5.74, 6) is -0.366. The molecule has 0 saturated heterocycles. The monoisotopic (exact) mass is 455 g/mol. The van der Waals surface area contributed by atoms with Crippen molar-refractivity contribution < 1.29 is 22.7 Å². The van der Waals surface area contributed by atoms with Crippen molar-refractivity contribution in [1.82, 2.24) is 19.6 Å². The fourth-order valence-corrected chi connectivity index (χ4v) is 3.41. The summed E-state index contributed by atoms with van der Waals surface area (Å²) in [6.07, 6.45) is -4.26. The van der Waals surface area contributed by atoms with E-state index in [-0.39, 0.29) is 24.5 Å². The van der Waals surface area contributed by atoms with Crippen LogP contribution in [0.25, 0.3) is 5.78 Å². The van der Waals surface area contributed by atoms with Crippen molar-refractivity contribution in [2.75, 3.05) is 5.32 Å². The number of aromatic nitrogens is 4. The van der Waals surface area contributed by atoms with Gasteiger partial charge < -0.3 is 10.1 Å². The average Bonchev–Trinajstić information content (AvgIpc) is 3.19. The molecule has 0 fully saturated rings. The molecule has 0 aliphatic carbocycles. The van der Waals surface area contributed by atoms with Gasteiger partial charge in [-0.1, -0.05) is 24.3 Å². The summed E-state index contributed by atoms with van der Waals surface area (Å²) in [4.78, 5) is 20.1. The highest BCUT2D eigenvalue weighted by molar-refractivity contribution is 5.91. The van der Waals surface area contributed by atoms with Crippen LogP contribution in [0.15, 0.2) is 54.6 Å². The summed E-state index contributed by atoms with van der Waals surface area (Å²) in [6, 6.07) is 16.3. The van der Waals surface area contributed by atoms with Gasteiger partial charge in [-0.25, -0.2) is 9.50 Å². The highest BCUT2D eigenvalue weighted by atomic mass is 19.4. The zero-order valence-electron chi connectivity index (χ0n) is 17.8. The predicted molar refractivity (Wildman–Crippen MR) is 115 cm³/mol. The minimum absolute atomic E-state index is 0.111. The Kier molecular flexibility index (Phi) is 5.99. The van der Waals surface area contributed by atoms with Crippen molar-refractivity contribution in [2.24, 2.45) is 0 Å². The molecule has 0 radical (unpaired) electrons. The van der Waals surface area contributed by atoms with E-state index < -0.39 is 12.0 Å². The molecule has 2 aromatic carbocycles. The standard InChI is InChI=1S/C23H20F3N5O2/c1-14-19(15(2)31-22(27-14)29-21(30-31)23(24,25)26)11-12-20(32)28-16-7-6-10-18(13-16)33-17-8-4-3-5-9-17/h3-10,13H,11-12H2,1-2H3,(H,28,32). The van der Waals surface area contributed by atoms with E-state index in [9.17, 15) is 18.0 Å². The second kappa shape index (κ2) is 8.89. The van der Waals surface area contributed by atoms with Gasteiger partial charge in [-0.2, -0.15) is 18.2 Å². The molecule has 2 aromatic heterocycles. The number of anilines is 1. The van der Waals surface area contributed by atoms with E-state index >= 15 is 0 Å². The number of benzene rings is 2. The molecule has 170 valence electrons. The van der Waals surface area contributed by atoms with Crippen molar-refractivity contribution >= 4 is 17.4 Å². The number of rotatable bonds is 6. The molecule has 1 amide bonds. The van der Waals surface area contributed by atoms with Crippen LogP contribution in [-0.4, -0.2) is 25.5 Å². The highest BCUT2D eigenvalue weighted by Crippen LogP contribution is 2.27. The number of halogens is 3. The Morgan fingerprint density at radius 1 is 1.03 bits per heavy atom. The summed E-state index contributed by atoms with van der Waals surface area (Å²) in [5, 5.41) is 6.34. The van der Waals surface area contributed by atoms with Crippen LogP contribution in [0.4, 0.5) is 18.9 Å². The first kappa shape index (κ1) is 22.3. The number of para-hydroxylation sites is 1. The van der Waals surface area contributed by atoms with Gasteiger partial charge in [0.05, 0.1) is 0 Å². The average molecular weight is 455 g/mol. The smallest absolute Gasteiger partial charge is 0.453 e. The normalized spacial score (nSPS) is 11.5. The van der Waals surface area contributed by atoms with Gasteiger partial charge in [0.25, 0.3) is 11.6 Å². The Morgan fingerprint density at radius 3 is 2.48 bits per heavy atom. The minimum atomic E-state index is -4.66. The summed E-state index contributed by atoms with van der Waals surface area (Å²) in [7, 11) is 0. The molecular formula is C23H20F3N5O2. The Bertz CT molecular complexity index is 1300. The highest BCUT2D eigenvalue weighted by Gasteiger charge is 2.37. The van der Waals surface area contributed by atoms with E-state index in [1.807, 2.05) is 30.3 Å². The van der Waals surface area contributed by atoms with E-state index in [4.69, 9.17) is 4.74 Å². The largest absolute Gasteiger partial charge is 0.457 e. The maximum absolute atomic E-state index is 12.9. The van der Waals surface area contributed by atoms with Crippen molar-refractivity contribution in [3.8, 4) is 11.5 Å². The zero-order chi connectivity index (χ0) is 23.6. The molecule has 0 spiro atoms. The molecule has 0 atom stereocenters. The van der Waals surface area contributed by atoms with Gasteiger partial charge >= 0.3 is 6.18 Å². The van der Waals surface area contributed by atoms with Crippen molar-refractivity contribution in [2.45, 2.75) is 32.9 Å². The van der Waals surface area contributed by atoms with E-state index in [2.05, 4.69) is 20.4 Å². The Balaban J connectivity index is 1.44. The van der Waals surface area contributed by atoms with Crippen LogP contribution in [0.5, 0.6) is 11.5 Å². The van der Waals surface area contributed by atoms with Gasteiger partial charge in [-0.05, 0) is 50.1 Å². The zero-order valence-corrected chi connectivity index (χ0v) is 17.8. The number of carbonyl (C=O) groups excluding carboxylic acids is 1. The number of amides is 1. The molecule has 0 saturated carbocycles. The Morgan fingerprint density at radius 2 is 1.76 bits per heavy atom. The van der Waals surface area contributed by atoms with Crippen molar-refractivity contribution in [3.63, 3.8) is 0 Å². The van der Waals surface area contributed by atoms with E-state index in [1.54, 1.807) is 38.1 Å². The molecule has 0 aliphatic heterocycles. The van der Waals surface area contributed by atoms with Crippen molar-refractivity contribution in [1.29, 1.82) is 0 Å². The summed E-state index contributed by atoms with van der Waals surface area (Å²) in [5.41, 5.74) is 2.19. The SMILES string of the molecule is Cc1nc2nc(C(F)(F)F)nn2c(C)c1CCC(=O)Nc1cccc(Oc2ccccc2)c1. The first-order valence-electron chi connectivity index (χ1n) is 10.1. The second-order valence-corrected chi connectivity index (χ2v) is 7.40. The molecule has 33 heavy (non-hydrogen) atoms. The lowest BCUT2D eigenvalue weighted by Gasteiger charge is -2.11. The quantitative estimate of drug-likeness (QED) is 0.436. The van der Waals surface area contributed by atoms with Crippen LogP contribution in [0, 0.1) is 13.8 Å². The molecule has 2 heterocycles. The number of nitrogens with one attached hydrogen (secondary N) is 1. The van der Waals surface area contributed by atoms with Crippen LogP contribution < -0.4 is 10.1 Å². The third-order valence-corrected chi connectivity index (χ3v) is 5.00. The number of hydrogen-bond donors (Lipinski definition) is 1. The molecule has 1 N–H and O–H groups in total. The molecule has 10 heteroatoms. The molecule has 0 aliphatic rings. The molecule has 4 aromatic rings. The Hall–Kier alpha value is -3.95. The van der Waals surface area contributed by atoms with Gasteiger partial charge in [0.2, 0.25) is 5.91 Å². The van der Waals surface area contributed by atoms with Gasteiger partial charge in [-0.15, -0.1) is 5.10 Å².